The number of hydrogen-bond donors (Lipinski definition) is 0. The van der Waals surface area contributed by atoms with Gasteiger partial charge < -0.3 is 36.1 Å². The van der Waals surface area contributed by atoms with Gasteiger partial charge in [-0.15, -0.1) is 0 Å². The van der Waals surface area contributed by atoms with E-state index in [0.717, 1.165) is 16.8 Å². The molecule has 0 N–H and O–H groups in total. The zero-order valence-corrected chi connectivity index (χ0v) is 16.1. The molecule has 130 valence electrons. The monoisotopic (exact) mass is 388 g/mol. The number of fused-ring (bicyclic) bond motifs is 1. The van der Waals surface area contributed by atoms with Crippen molar-refractivity contribution in [3.05, 3.63) is 23.0 Å². The van der Waals surface area contributed by atoms with Crippen LogP contribution in [-0.2, 0) is 29.7 Å². The highest BCUT2D eigenvalue weighted by Gasteiger charge is 2.28. The van der Waals surface area contributed by atoms with Crippen molar-refractivity contribution < 1.29 is 40.6 Å². The summed E-state index contributed by atoms with van der Waals surface area (Å²) < 4.78 is 19.1. The van der Waals surface area contributed by atoms with E-state index in [0.29, 0.717) is 19.0 Å². The fourth-order valence-corrected chi connectivity index (χ4v) is 2.30. The van der Waals surface area contributed by atoms with Gasteiger partial charge in [0, 0.05) is 32.5 Å². The Labute approximate surface area is 148 Å². The second kappa shape index (κ2) is 8.08. The van der Waals surface area contributed by atoms with Gasteiger partial charge in [-0.1, -0.05) is 13.8 Å². The normalized spacial score (nSPS) is 17.1. The van der Waals surface area contributed by atoms with Crippen molar-refractivity contribution in [2.24, 2.45) is 13.0 Å². The fraction of sp³-hybridized carbons (Fsp3) is 0.625. The number of carbonyl (C=O) groups is 1. The summed E-state index contributed by atoms with van der Waals surface area (Å²) in [5.41, 5.74) is 2.74. The van der Waals surface area contributed by atoms with Gasteiger partial charge in [-0.2, -0.15) is 0 Å². The van der Waals surface area contributed by atoms with Crippen LogP contribution in [0.15, 0.2) is 6.20 Å². The molecule has 0 saturated carbocycles. The molecule has 1 aromatic heterocycles. The summed E-state index contributed by atoms with van der Waals surface area (Å²) in [5.74, 6) is 0.823. The predicted octanol–water partition coefficient (Wildman–Crippen LogP) is -1.09. The Balaban J connectivity index is 0.00000264. The van der Waals surface area contributed by atoms with E-state index in [4.69, 9.17) is 14.2 Å². The molecule has 0 saturated heterocycles. The molecule has 1 atom stereocenters. The molecule has 1 aromatic rings. The van der Waals surface area contributed by atoms with Crippen LogP contribution >= 0.6 is 0 Å². The van der Waals surface area contributed by atoms with Crippen molar-refractivity contribution >= 4 is 6.09 Å². The molecule has 0 aliphatic carbocycles. The van der Waals surface area contributed by atoms with Gasteiger partial charge in [0.1, 0.15) is 7.05 Å². The van der Waals surface area contributed by atoms with E-state index in [9.17, 15) is 4.79 Å². The third-order valence-corrected chi connectivity index (χ3v) is 3.76. The summed E-state index contributed by atoms with van der Waals surface area (Å²) in [7, 11) is 5.25. The molecule has 6 nitrogen and oxygen atoms in total. The second-order valence-electron chi connectivity index (χ2n) is 6.16. The van der Waals surface area contributed by atoms with Crippen LogP contribution in [0.3, 0.4) is 0 Å². The molecule has 7 heteroatoms. The van der Waals surface area contributed by atoms with Gasteiger partial charge in [0.15, 0.2) is 12.5 Å². The third-order valence-electron chi connectivity index (χ3n) is 3.76. The molecule has 23 heavy (non-hydrogen) atoms. The number of amides is 1. The zero-order valence-electron chi connectivity index (χ0n) is 14.6. The van der Waals surface area contributed by atoms with Crippen LogP contribution in [0.4, 0.5) is 4.79 Å². The number of nitrogens with zero attached hydrogens (tertiary/aromatic N) is 2. The minimum atomic E-state index is -0.401. The number of rotatable bonds is 2. The largest absolute Gasteiger partial charge is 1.00 e. The summed E-state index contributed by atoms with van der Waals surface area (Å²) in [5, 5.41) is 0. The molecular formula is C16H25BrN2O4. The van der Waals surface area contributed by atoms with E-state index in [1.54, 1.807) is 14.1 Å². The second-order valence-corrected chi connectivity index (χ2v) is 6.16. The van der Waals surface area contributed by atoms with E-state index in [1.165, 1.54) is 4.90 Å². The first kappa shape index (κ1) is 19.9. The van der Waals surface area contributed by atoms with Crippen molar-refractivity contribution in [1.82, 2.24) is 4.90 Å². The van der Waals surface area contributed by atoms with Crippen molar-refractivity contribution in [1.29, 1.82) is 0 Å². The van der Waals surface area contributed by atoms with Gasteiger partial charge in [-0.25, -0.2) is 9.36 Å². The number of carbonyl (C=O) groups excluding carboxylic acids is 1. The van der Waals surface area contributed by atoms with Gasteiger partial charge in [0.2, 0.25) is 11.4 Å². The summed E-state index contributed by atoms with van der Waals surface area (Å²) in [6.45, 7) is 6.84. The summed E-state index contributed by atoms with van der Waals surface area (Å²) in [4.78, 5) is 13.3. The Morgan fingerprint density at radius 3 is 2.52 bits per heavy atom. The van der Waals surface area contributed by atoms with Gasteiger partial charge in [0.05, 0.1) is 18.8 Å². The average Bonchev–Trinajstić information content (AvgIpc) is 2.65. The quantitative estimate of drug-likeness (QED) is 0.604. The van der Waals surface area contributed by atoms with Crippen molar-refractivity contribution in [2.45, 2.75) is 40.3 Å². The van der Waals surface area contributed by atoms with Crippen LogP contribution in [0.25, 0.3) is 0 Å². The van der Waals surface area contributed by atoms with E-state index < -0.39 is 6.09 Å². The SMILES string of the molecule is Cc1c(OC(=O)N(C)C)c2c(c[n+]1C)COC(C(C)C)OC2.[Br-]. The van der Waals surface area contributed by atoms with E-state index >= 15 is 0 Å². The van der Waals surface area contributed by atoms with E-state index in [2.05, 4.69) is 13.8 Å². The minimum absolute atomic E-state index is 0. The Hall–Kier alpha value is -1.18. The van der Waals surface area contributed by atoms with Gasteiger partial charge >= 0.3 is 6.09 Å². The fourth-order valence-electron chi connectivity index (χ4n) is 2.30. The molecule has 1 amide bonds. The Morgan fingerprint density at radius 2 is 1.96 bits per heavy atom. The predicted molar refractivity (Wildman–Crippen MR) is 80.3 cm³/mol. The first-order chi connectivity index (χ1) is 10.3. The lowest BCUT2D eigenvalue weighted by molar-refractivity contribution is -0.678. The number of aromatic nitrogens is 1. The number of halogens is 1. The lowest BCUT2D eigenvalue weighted by Crippen LogP contribution is -3.00. The van der Waals surface area contributed by atoms with Crippen molar-refractivity contribution in [3.63, 3.8) is 0 Å². The van der Waals surface area contributed by atoms with E-state index in [1.807, 2.05) is 24.7 Å². The van der Waals surface area contributed by atoms with Crippen LogP contribution < -0.4 is 26.3 Å². The summed E-state index contributed by atoms with van der Waals surface area (Å²) in [6.07, 6.45) is 1.35. The molecule has 2 rings (SSSR count). The molecule has 2 heterocycles. The minimum Gasteiger partial charge on any atom is -1.00 e. The number of ether oxygens (including phenoxy) is 3. The zero-order chi connectivity index (χ0) is 16.4. The van der Waals surface area contributed by atoms with Crippen LogP contribution in [0.5, 0.6) is 5.75 Å². The van der Waals surface area contributed by atoms with Crippen molar-refractivity contribution in [3.8, 4) is 5.75 Å². The highest BCUT2D eigenvalue weighted by atomic mass is 79.9. The molecule has 1 aliphatic heterocycles. The molecular weight excluding hydrogens is 364 g/mol. The number of pyridine rings is 1. The van der Waals surface area contributed by atoms with Crippen LogP contribution in [0, 0.1) is 12.8 Å². The lowest BCUT2D eigenvalue weighted by atomic mass is 10.1. The smallest absolute Gasteiger partial charge is 0.414 e. The number of aryl methyl sites for hydroxylation is 1. The maximum atomic E-state index is 11.9. The lowest BCUT2D eigenvalue weighted by Gasteiger charge is -2.18. The highest BCUT2D eigenvalue weighted by molar-refractivity contribution is 5.70. The summed E-state index contributed by atoms with van der Waals surface area (Å²) >= 11 is 0. The Bertz CT molecular complexity index is 576. The topological polar surface area (TPSA) is 51.9 Å². The molecule has 0 radical (unpaired) electrons. The Morgan fingerprint density at radius 1 is 1.35 bits per heavy atom. The van der Waals surface area contributed by atoms with Gasteiger partial charge in [0.25, 0.3) is 0 Å². The van der Waals surface area contributed by atoms with Crippen LogP contribution in [0.1, 0.15) is 30.7 Å². The molecule has 1 unspecified atom stereocenters. The maximum Gasteiger partial charge on any atom is 0.414 e. The molecule has 0 bridgehead atoms. The van der Waals surface area contributed by atoms with Gasteiger partial charge in [-0.3, -0.25) is 0 Å². The maximum absolute atomic E-state index is 11.9. The first-order valence-corrected chi connectivity index (χ1v) is 7.44. The third kappa shape index (κ3) is 4.43. The van der Waals surface area contributed by atoms with Crippen LogP contribution in [0.2, 0.25) is 0 Å². The molecule has 0 spiro atoms. The molecule has 1 aliphatic rings. The Kier molecular flexibility index (Phi) is 6.98. The molecule has 0 aromatic carbocycles. The van der Waals surface area contributed by atoms with Crippen LogP contribution in [-0.4, -0.2) is 31.4 Å². The standard InChI is InChI=1S/C16H25N2O4.BrH/c1-10(2)15-20-8-12-7-18(6)11(3)14(13(12)9-21-15)22-16(19)17(4)5;/h7,10,15H,8-9H2,1-6H3;1H/q+1;/p-1. The van der Waals surface area contributed by atoms with E-state index in [-0.39, 0.29) is 29.2 Å². The number of hydrogen-bond acceptors (Lipinski definition) is 4. The molecule has 0 fully saturated rings. The summed E-state index contributed by atoms with van der Waals surface area (Å²) in [6, 6.07) is 0. The van der Waals surface area contributed by atoms with Crippen molar-refractivity contribution in [2.75, 3.05) is 14.1 Å². The van der Waals surface area contributed by atoms with Gasteiger partial charge in [-0.05, 0) is 0 Å². The highest BCUT2D eigenvalue weighted by Crippen LogP contribution is 2.30. The average molecular weight is 389 g/mol. The first-order valence-electron chi connectivity index (χ1n) is 7.44.